The number of benzene rings is 2. The molecule has 1 heterocycles. The number of morpholine rings is 1. The van der Waals surface area contributed by atoms with E-state index >= 15 is 0 Å². The van der Waals surface area contributed by atoms with Crippen molar-refractivity contribution >= 4 is 31.6 Å². The summed E-state index contributed by atoms with van der Waals surface area (Å²) >= 11 is 0. The van der Waals surface area contributed by atoms with Gasteiger partial charge in [0.2, 0.25) is 26.0 Å². The summed E-state index contributed by atoms with van der Waals surface area (Å²) in [6.07, 6.45) is 0. The maximum Gasteiger partial charge on any atom is 0.246 e. The van der Waals surface area contributed by atoms with Gasteiger partial charge in [-0.25, -0.2) is 21.2 Å². The Bertz CT molecular complexity index is 1190. The number of halogens is 1. The molecule has 1 saturated heterocycles. The van der Waals surface area contributed by atoms with Crippen molar-refractivity contribution in [3.8, 4) is 0 Å². The summed E-state index contributed by atoms with van der Waals surface area (Å²) in [6, 6.07) is 9.36. The fraction of sp³-hybridized carbons (Fsp3) is 0.350. The first-order valence-electron chi connectivity index (χ1n) is 9.72. The van der Waals surface area contributed by atoms with Gasteiger partial charge in [-0.05, 0) is 37.3 Å². The third kappa shape index (κ3) is 5.33. The van der Waals surface area contributed by atoms with Crippen molar-refractivity contribution in [2.24, 2.45) is 0 Å². The molecule has 0 saturated carbocycles. The van der Waals surface area contributed by atoms with Crippen LogP contribution in [0.3, 0.4) is 0 Å². The monoisotopic (exact) mass is 485 g/mol. The van der Waals surface area contributed by atoms with Crippen LogP contribution in [0.25, 0.3) is 0 Å². The fourth-order valence-electron chi connectivity index (χ4n) is 3.08. The zero-order chi connectivity index (χ0) is 23.5. The van der Waals surface area contributed by atoms with Gasteiger partial charge in [0.1, 0.15) is 10.7 Å². The van der Waals surface area contributed by atoms with Gasteiger partial charge in [-0.3, -0.25) is 4.79 Å². The molecule has 32 heavy (non-hydrogen) atoms. The molecular formula is C20H24FN3O6S2. The number of amides is 1. The van der Waals surface area contributed by atoms with Gasteiger partial charge in [0.05, 0.1) is 24.7 Å². The highest BCUT2D eigenvalue weighted by Crippen LogP contribution is 2.24. The van der Waals surface area contributed by atoms with Crippen LogP contribution in [0.15, 0.2) is 52.3 Å². The maximum absolute atomic E-state index is 14.3. The topological polar surface area (TPSA) is 113 Å². The summed E-state index contributed by atoms with van der Waals surface area (Å²) in [5.74, 6) is -1.65. The highest BCUT2D eigenvalue weighted by Gasteiger charge is 2.29. The molecule has 12 heteroatoms. The van der Waals surface area contributed by atoms with Gasteiger partial charge in [0.25, 0.3) is 0 Å². The molecule has 3 rings (SSSR count). The van der Waals surface area contributed by atoms with Crippen LogP contribution in [0.1, 0.15) is 5.56 Å². The zero-order valence-corrected chi connectivity index (χ0v) is 19.2. The van der Waals surface area contributed by atoms with Crippen molar-refractivity contribution in [1.82, 2.24) is 8.61 Å². The molecule has 174 valence electrons. The van der Waals surface area contributed by atoms with E-state index in [2.05, 4.69) is 5.32 Å². The molecule has 0 radical (unpaired) electrons. The van der Waals surface area contributed by atoms with E-state index in [1.54, 1.807) is 12.1 Å². The molecule has 1 N–H and O–H groups in total. The molecule has 0 bridgehead atoms. The number of carbonyl (C=O) groups excluding carboxylic acids is 1. The number of carbonyl (C=O) groups is 1. The van der Waals surface area contributed by atoms with Crippen molar-refractivity contribution in [3.63, 3.8) is 0 Å². The minimum atomic E-state index is -4.12. The predicted molar refractivity (Wildman–Crippen MR) is 116 cm³/mol. The average Bonchev–Trinajstić information content (AvgIpc) is 2.75. The molecule has 1 amide bonds. The van der Waals surface area contributed by atoms with E-state index in [0.29, 0.717) is 0 Å². The number of aryl methyl sites for hydroxylation is 1. The van der Waals surface area contributed by atoms with Gasteiger partial charge in [-0.1, -0.05) is 17.7 Å². The third-order valence-electron chi connectivity index (χ3n) is 4.90. The van der Waals surface area contributed by atoms with E-state index in [9.17, 15) is 26.0 Å². The van der Waals surface area contributed by atoms with Gasteiger partial charge in [0.15, 0.2) is 0 Å². The molecule has 0 spiro atoms. The number of anilines is 1. The molecule has 2 aromatic carbocycles. The summed E-state index contributed by atoms with van der Waals surface area (Å²) in [4.78, 5) is 11.9. The number of sulfonamides is 2. The fourth-order valence-corrected chi connectivity index (χ4v) is 5.71. The Kier molecular flexibility index (Phi) is 7.30. The Morgan fingerprint density at radius 2 is 1.72 bits per heavy atom. The highest BCUT2D eigenvalue weighted by molar-refractivity contribution is 7.89. The SMILES string of the molecule is Cc1ccc(S(=O)(=O)N(C)CC(=O)Nc2ccc(F)c(S(=O)(=O)N3CCOCC3)c2)cc1. The number of hydrogen-bond donors (Lipinski definition) is 1. The third-order valence-corrected chi connectivity index (χ3v) is 8.63. The lowest BCUT2D eigenvalue weighted by molar-refractivity contribution is -0.116. The van der Waals surface area contributed by atoms with Gasteiger partial charge in [-0.15, -0.1) is 0 Å². The van der Waals surface area contributed by atoms with Gasteiger partial charge in [-0.2, -0.15) is 8.61 Å². The van der Waals surface area contributed by atoms with Gasteiger partial charge < -0.3 is 10.1 Å². The van der Waals surface area contributed by atoms with Crippen LogP contribution in [-0.4, -0.2) is 71.2 Å². The number of hydrogen-bond acceptors (Lipinski definition) is 6. The maximum atomic E-state index is 14.3. The summed E-state index contributed by atoms with van der Waals surface area (Å²) < 4.78 is 72.2. The van der Waals surface area contributed by atoms with Crippen molar-refractivity contribution in [2.45, 2.75) is 16.7 Å². The summed E-state index contributed by atoms with van der Waals surface area (Å²) in [5, 5.41) is 2.43. The van der Waals surface area contributed by atoms with Gasteiger partial charge in [0, 0.05) is 25.8 Å². The number of nitrogens with zero attached hydrogens (tertiary/aromatic N) is 2. The van der Waals surface area contributed by atoms with Crippen LogP contribution >= 0.6 is 0 Å². The van der Waals surface area contributed by atoms with Crippen LogP contribution in [0.2, 0.25) is 0 Å². The summed E-state index contributed by atoms with van der Waals surface area (Å²) in [5.41, 5.74) is 0.924. The lowest BCUT2D eigenvalue weighted by atomic mass is 10.2. The van der Waals surface area contributed by atoms with E-state index < -0.39 is 43.2 Å². The van der Waals surface area contributed by atoms with E-state index in [1.807, 2.05) is 6.92 Å². The predicted octanol–water partition coefficient (Wildman–Crippen LogP) is 1.41. The van der Waals surface area contributed by atoms with Crippen LogP contribution in [0.4, 0.5) is 10.1 Å². The standard InChI is InChI=1S/C20H24FN3O6S2/c1-15-3-6-17(7-4-15)31(26,27)23(2)14-20(25)22-16-5-8-18(21)19(13-16)32(28,29)24-9-11-30-12-10-24/h3-8,13H,9-12,14H2,1-2H3,(H,22,25). The quantitative estimate of drug-likeness (QED) is 0.635. The van der Waals surface area contributed by atoms with Crippen LogP contribution < -0.4 is 5.32 Å². The van der Waals surface area contributed by atoms with E-state index in [0.717, 1.165) is 26.3 Å². The Balaban J connectivity index is 1.74. The number of likely N-dealkylation sites (N-methyl/N-ethyl adjacent to an activating group) is 1. The van der Waals surface area contributed by atoms with Crippen LogP contribution in [0, 0.1) is 12.7 Å². The van der Waals surface area contributed by atoms with Crippen LogP contribution in [0.5, 0.6) is 0 Å². The molecule has 0 aromatic heterocycles. The molecule has 0 aliphatic carbocycles. The molecule has 0 unspecified atom stereocenters. The molecule has 1 aliphatic rings. The molecule has 2 aromatic rings. The Hall–Kier alpha value is -2.38. The lowest BCUT2D eigenvalue weighted by Gasteiger charge is -2.26. The molecule has 1 fully saturated rings. The molecular weight excluding hydrogens is 461 g/mol. The van der Waals surface area contributed by atoms with E-state index in [-0.39, 0.29) is 36.9 Å². The second kappa shape index (κ2) is 9.63. The normalized spacial score (nSPS) is 15.6. The first-order valence-corrected chi connectivity index (χ1v) is 12.6. The van der Waals surface area contributed by atoms with E-state index in [4.69, 9.17) is 4.74 Å². The summed E-state index contributed by atoms with van der Waals surface area (Å²) in [7, 11) is -6.76. The van der Waals surface area contributed by atoms with Crippen molar-refractivity contribution in [3.05, 3.63) is 53.8 Å². The Labute approximate surface area is 186 Å². The van der Waals surface area contributed by atoms with Crippen molar-refractivity contribution in [1.29, 1.82) is 0 Å². The van der Waals surface area contributed by atoms with E-state index in [1.165, 1.54) is 25.2 Å². The highest BCUT2D eigenvalue weighted by atomic mass is 32.2. The molecule has 1 aliphatic heterocycles. The number of nitrogens with one attached hydrogen (secondary N) is 1. The zero-order valence-electron chi connectivity index (χ0n) is 17.6. The minimum Gasteiger partial charge on any atom is -0.379 e. The largest absolute Gasteiger partial charge is 0.379 e. The second-order valence-electron chi connectivity index (χ2n) is 7.28. The second-order valence-corrected chi connectivity index (χ2v) is 11.2. The summed E-state index contributed by atoms with van der Waals surface area (Å²) in [6.45, 7) is 1.92. The smallest absolute Gasteiger partial charge is 0.246 e. The lowest BCUT2D eigenvalue weighted by Crippen LogP contribution is -2.41. The van der Waals surface area contributed by atoms with Gasteiger partial charge >= 0.3 is 0 Å². The minimum absolute atomic E-state index is 0.0318. The Morgan fingerprint density at radius 3 is 2.34 bits per heavy atom. The Morgan fingerprint density at radius 1 is 1.09 bits per heavy atom. The van der Waals surface area contributed by atoms with Crippen molar-refractivity contribution < 1.29 is 30.8 Å². The first-order chi connectivity index (χ1) is 15.0. The number of rotatable bonds is 7. The first kappa shape index (κ1) is 24.3. The number of ether oxygens (including phenoxy) is 1. The van der Waals surface area contributed by atoms with Crippen molar-refractivity contribution in [2.75, 3.05) is 45.2 Å². The average molecular weight is 486 g/mol. The molecule has 0 atom stereocenters. The molecule has 9 nitrogen and oxygen atoms in total. The van der Waals surface area contributed by atoms with Crippen LogP contribution in [-0.2, 0) is 29.6 Å².